The quantitative estimate of drug-likeness (QED) is 0.374. The molecular weight excluding hydrogens is 454 g/mol. The van der Waals surface area contributed by atoms with Gasteiger partial charge in [-0.05, 0) is 72.8 Å². The van der Waals surface area contributed by atoms with E-state index in [0.717, 1.165) is 0 Å². The minimum Gasteiger partial charge on any atom is -0.495 e. The highest BCUT2D eigenvalue weighted by atomic mass is 32.2. The second kappa shape index (κ2) is 10.1. The standard InChI is InChI=1S/C25H21N3O5S/c1-32-24-5-3-2-4-23(24)28-34(30,31)22-12-6-18(7-13-22)25(29)27-19-8-10-20(11-9-19)33-21-14-16-26-17-15-21/h2-17,28H,1H3,(H,27,29). The molecule has 0 bridgehead atoms. The second-order valence-corrected chi connectivity index (χ2v) is 8.78. The van der Waals surface area contributed by atoms with E-state index in [0.29, 0.717) is 34.2 Å². The number of pyridine rings is 1. The van der Waals surface area contributed by atoms with Gasteiger partial charge in [0.25, 0.3) is 15.9 Å². The molecule has 4 rings (SSSR count). The zero-order chi connectivity index (χ0) is 24.0. The number of para-hydroxylation sites is 2. The van der Waals surface area contributed by atoms with Crippen LogP contribution in [0.1, 0.15) is 10.4 Å². The van der Waals surface area contributed by atoms with E-state index in [1.54, 1.807) is 73.1 Å². The number of amides is 1. The normalized spacial score (nSPS) is 10.9. The summed E-state index contributed by atoms with van der Waals surface area (Å²) in [5.41, 5.74) is 1.21. The van der Waals surface area contributed by atoms with Crippen molar-refractivity contribution in [2.45, 2.75) is 4.90 Å². The number of ether oxygens (including phenoxy) is 2. The van der Waals surface area contributed by atoms with Gasteiger partial charge in [-0.2, -0.15) is 0 Å². The second-order valence-electron chi connectivity index (χ2n) is 7.09. The number of nitrogens with one attached hydrogen (secondary N) is 2. The third kappa shape index (κ3) is 5.51. The summed E-state index contributed by atoms with van der Waals surface area (Å²) in [4.78, 5) is 16.6. The van der Waals surface area contributed by atoms with Crippen LogP contribution < -0.4 is 19.5 Å². The number of hydrogen-bond acceptors (Lipinski definition) is 6. The summed E-state index contributed by atoms with van der Waals surface area (Å²) in [6, 6.07) is 22.7. The van der Waals surface area contributed by atoms with Gasteiger partial charge in [0.2, 0.25) is 0 Å². The Morgan fingerprint density at radius 3 is 2.15 bits per heavy atom. The highest BCUT2D eigenvalue weighted by Gasteiger charge is 2.17. The van der Waals surface area contributed by atoms with E-state index in [1.807, 2.05) is 0 Å². The highest BCUT2D eigenvalue weighted by Crippen LogP contribution is 2.26. The van der Waals surface area contributed by atoms with Crippen LogP contribution in [0, 0.1) is 0 Å². The molecule has 1 aromatic heterocycles. The van der Waals surface area contributed by atoms with Crippen molar-refractivity contribution in [1.82, 2.24) is 4.98 Å². The van der Waals surface area contributed by atoms with Gasteiger partial charge < -0.3 is 14.8 Å². The zero-order valence-corrected chi connectivity index (χ0v) is 19.0. The van der Waals surface area contributed by atoms with Crippen LogP contribution in [0.3, 0.4) is 0 Å². The van der Waals surface area contributed by atoms with Crippen LogP contribution in [-0.2, 0) is 10.0 Å². The number of carbonyl (C=O) groups excluding carboxylic acids is 1. The number of sulfonamides is 1. The molecule has 0 unspecified atom stereocenters. The van der Waals surface area contributed by atoms with Crippen molar-refractivity contribution in [1.29, 1.82) is 0 Å². The maximum Gasteiger partial charge on any atom is 0.262 e. The van der Waals surface area contributed by atoms with Crippen LogP contribution in [0.15, 0.2) is 102 Å². The Hall–Kier alpha value is -4.37. The average Bonchev–Trinajstić information content (AvgIpc) is 2.86. The molecule has 172 valence electrons. The Bertz CT molecular complexity index is 1370. The molecule has 3 aromatic carbocycles. The third-order valence-electron chi connectivity index (χ3n) is 4.78. The predicted octanol–water partition coefficient (Wildman–Crippen LogP) is 4.94. The van der Waals surface area contributed by atoms with Gasteiger partial charge in [0, 0.05) is 23.6 Å². The summed E-state index contributed by atoms with van der Waals surface area (Å²) in [5, 5.41) is 2.78. The van der Waals surface area contributed by atoms with Crippen LogP contribution in [0.25, 0.3) is 0 Å². The first kappa shape index (κ1) is 22.8. The topological polar surface area (TPSA) is 107 Å². The lowest BCUT2D eigenvalue weighted by Crippen LogP contribution is -2.15. The monoisotopic (exact) mass is 475 g/mol. The fraction of sp³-hybridized carbons (Fsp3) is 0.0400. The molecule has 0 aliphatic rings. The fourth-order valence-corrected chi connectivity index (χ4v) is 4.14. The molecule has 0 radical (unpaired) electrons. The summed E-state index contributed by atoms with van der Waals surface area (Å²) in [5.74, 6) is 1.30. The lowest BCUT2D eigenvalue weighted by molar-refractivity contribution is 0.102. The van der Waals surface area contributed by atoms with Crippen molar-refractivity contribution in [3.05, 3.63) is 103 Å². The first-order chi connectivity index (χ1) is 16.4. The molecule has 2 N–H and O–H groups in total. The Morgan fingerprint density at radius 2 is 1.47 bits per heavy atom. The largest absolute Gasteiger partial charge is 0.495 e. The summed E-state index contributed by atoms with van der Waals surface area (Å²) in [7, 11) is -2.40. The number of nitrogens with zero attached hydrogens (tertiary/aromatic N) is 1. The van der Waals surface area contributed by atoms with Crippen molar-refractivity contribution in [3.63, 3.8) is 0 Å². The van der Waals surface area contributed by atoms with E-state index < -0.39 is 10.0 Å². The van der Waals surface area contributed by atoms with E-state index in [9.17, 15) is 13.2 Å². The summed E-state index contributed by atoms with van der Waals surface area (Å²) in [6.45, 7) is 0. The predicted molar refractivity (Wildman–Crippen MR) is 129 cm³/mol. The van der Waals surface area contributed by atoms with E-state index in [4.69, 9.17) is 9.47 Å². The minimum absolute atomic E-state index is 0.0209. The smallest absolute Gasteiger partial charge is 0.262 e. The Kier molecular flexibility index (Phi) is 6.74. The Balaban J connectivity index is 1.41. The average molecular weight is 476 g/mol. The molecular formula is C25H21N3O5S. The maximum atomic E-state index is 12.7. The fourth-order valence-electron chi connectivity index (χ4n) is 3.07. The molecule has 0 spiro atoms. The number of anilines is 2. The van der Waals surface area contributed by atoms with Gasteiger partial charge in [0.15, 0.2) is 0 Å². The van der Waals surface area contributed by atoms with Crippen LogP contribution in [0.4, 0.5) is 11.4 Å². The molecule has 0 fully saturated rings. The van der Waals surface area contributed by atoms with Crippen LogP contribution in [0.2, 0.25) is 0 Å². The Labute approximate surface area is 197 Å². The molecule has 9 heteroatoms. The van der Waals surface area contributed by atoms with Crippen molar-refractivity contribution in [2.75, 3.05) is 17.1 Å². The van der Waals surface area contributed by atoms with Crippen LogP contribution >= 0.6 is 0 Å². The summed E-state index contributed by atoms with van der Waals surface area (Å²) in [6.07, 6.45) is 3.27. The summed E-state index contributed by atoms with van der Waals surface area (Å²) >= 11 is 0. The van der Waals surface area contributed by atoms with Crippen molar-refractivity contribution in [3.8, 4) is 17.2 Å². The molecule has 4 aromatic rings. The third-order valence-corrected chi connectivity index (χ3v) is 6.16. The van der Waals surface area contributed by atoms with Crippen LogP contribution in [-0.4, -0.2) is 26.4 Å². The lowest BCUT2D eigenvalue weighted by Gasteiger charge is -2.12. The number of methoxy groups -OCH3 is 1. The van der Waals surface area contributed by atoms with E-state index in [2.05, 4.69) is 15.0 Å². The first-order valence-corrected chi connectivity index (χ1v) is 11.7. The Morgan fingerprint density at radius 1 is 0.824 bits per heavy atom. The number of rotatable bonds is 8. The molecule has 34 heavy (non-hydrogen) atoms. The van der Waals surface area contributed by atoms with Gasteiger partial charge in [-0.15, -0.1) is 0 Å². The van der Waals surface area contributed by atoms with Gasteiger partial charge in [-0.25, -0.2) is 8.42 Å². The molecule has 1 heterocycles. The van der Waals surface area contributed by atoms with Crippen LogP contribution in [0.5, 0.6) is 17.2 Å². The van der Waals surface area contributed by atoms with Gasteiger partial charge in [-0.1, -0.05) is 12.1 Å². The molecule has 0 saturated heterocycles. The number of aromatic nitrogens is 1. The van der Waals surface area contributed by atoms with Gasteiger partial charge >= 0.3 is 0 Å². The van der Waals surface area contributed by atoms with Gasteiger partial charge in [0.05, 0.1) is 17.7 Å². The van der Waals surface area contributed by atoms with Gasteiger partial charge in [-0.3, -0.25) is 14.5 Å². The molecule has 8 nitrogen and oxygen atoms in total. The number of benzene rings is 3. The lowest BCUT2D eigenvalue weighted by atomic mass is 10.2. The van der Waals surface area contributed by atoms with Crippen molar-refractivity contribution >= 4 is 27.3 Å². The molecule has 0 aliphatic carbocycles. The van der Waals surface area contributed by atoms with Crippen molar-refractivity contribution < 1.29 is 22.7 Å². The number of carbonyl (C=O) groups is 1. The maximum absolute atomic E-state index is 12.7. The first-order valence-electron chi connectivity index (χ1n) is 10.2. The number of hydrogen-bond donors (Lipinski definition) is 2. The van der Waals surface area contributed by atoms with Gasteiger partial charge in [0.1, 0.15) is 17.2 Å². The highest BCUT2D eigenvalue weighted by molar-refractivity contribution is 7.92. The molecule has 0 aliphatic heterocycles. The zero-order valence-electron chi connectivity index (χ0n) is 18.1. The van der Waals surface area contributed by atoms with E-state index in [-0.39, 0.29) is 10.8 Å². The minimum atomic E-state index is -3.86. The molecule has 1 amide bonds. The molecule has 0 atom stereocenters. The summed E-state index contributed by atoms with van der Waals surface area (Å²) < 4.78 is 38.8. The van der Waals surface area contributed by atoms with E-state index in [1.165, 1.54) is 31.4 Å². The molecule has 0 saturated carbocycles. The van der Waals surface area contributed by atoms with Crippen molar-refractivity contribution in [2.24, 2.45) is 0 Å². The SMILES string of the molecule is COc1ccccc1NS(=O)(=O)c1ccc(C(=O)Nc2ccc(Oc3ccncc3)cc2)cc1. The van der Waals surface area contributed by atoms with E-state index >= 15 is 0 Å².